The van der Waals surface area contributed by atoms with Crippen molar-refractivity contribution in [2.24, 2.45) is 5.14 Å². The van der Waals surface area contributed by atoms with Crippen molar-refractivity contribution in [3.05, 3.63) is 54.1 Å². The van der Waals surface area contributed by atoms with Gasteiger partial charge in [-0.1, -0.05) is 6.07 Å². The Kier molecular flexibility index (Phi) is 4.18. The number of benzene rings is 2. The summed E-state index contributed by atoms with van der Waals surface area (Å²) >= 11 is 0. The first-order chi connectivity index (χ1) is 10.1. The van der Waals surface area contributed by atoms with Crippen LogP contribution in [0.1, 0.15) is 0 Å². The molecule has 0 aromatic heterocycles. The zero-order valence-electron chi connectivity index (χ0n) is 10.8. The Morgan fingerprint density at radius 1 is 0.955 bits per heavy atom. The van der Waals surface area contributed by atoms with Crippen LogP contribution in [0.3, 0.4) is 0 Å². The van der Waals surface area contributed by atoms with E-state index in [2.05, 4.69) is 0 Å². The van der Waals surface area contributed by atoms with Gasteiger partial charge in [-0.15, -0.1) is 0 Å². The lowest BCUT2D eigenvalue weighted by Crippen LogP contribution is -2.16. The standard InChI is InChI=1S/C12H10F2N2O4S2/c13-8-4-5-11(14)12(6-8)22(19,20)16-9-2-1-3-10(7-9)21(15,17)18/h1-7,16H,(H2,15,17,18). The van der Waals surface area contributed by atoms with Gasteiger partial charge >= 0.3 is 0 Å². The Bertz CT molecular complexity index is 928. The van der Waals surface area contributed by atoms with Crippen molar-refractivity contribution in [3.63, 3.8) is 0 Å². The summed E-state index contributed by atoms with van der Waals surface area (Å²) in [6, 6.07) is 6.57. The molecule has 6 nitrogen and oxygen atoms in total. The van der Waals surface area contributed by atoms with Gasteiger partial charge in [-0.3, -0.25) is 4.72 Å². The number of rotatable bonds is 4. The van der Waals surface area contributed by atoms with Gasteiger partial charge in [0.2, 0.25) is 10.0 Å². The van der Waals surface area contributed by atoms with Gasteiger partial charge in [0.15, 0.2) is 0 Å². The third kappa shape index (κ3) is 3.59. The van der Waals surface area contributed by atoms with Crippen LogP contribution in [0.5, 0.6) is 0 Å². The summed E-state index contributed by atoms with van der Waals surface area (Å²) in [5.41, 5.74) is -0.157. The average molecular weight is 348 g/mol. The first-order valence-electron chi connectivity index (χ1n) is 5.70. The molecule has 0 heterocycles. The Labute approximate surface area is 125 Å². The second kappa shape index (κ2) is 5.63. The van der Waals surface area contributed by atoms with Gasteiger partial charge in [0.1, 0.15) is 16.5 Å². The smallest absolute Gasteiger partial charge is 0.264 e. The highest BCUT2D eigenvalue weighted by Gasteiger charge is 2.20. The maximum absolute atomic E-state index is 13.5. The van der Waals surface area contributed by atoms with Gasteiger partial charge < -0.3 is 0 Å². The van der Waals surface area contributed by atoms with E-state index in [1.165, 1.54) is 12.1 Å². The summed E-state index contributed by atoms with van der Waals surface area (Å²) in [5, 5.41) is 4.93. The maximum atomic E-state index is 13.5. The zero-order chi connectivity index (χ0) is 16.5. The molecule has 118 valence electrons. The number of nitrogens with one attached hydrogen (secondary N) is 1. The SMILES string of the molecule is NS(=O)(=O)c1cccc(NS(=O)(=O)c2cc(F)ccc2F)c1. The van der Waals surface area contributed by atoms with E-state index in [-0.39, 0.29) is 10.6 Å². The third-order valence-electron chi connectivity index (χ3n) is 2.60. The quantitative estimate of drug-likeness (QED) is 0.871. The van der Waals surface area contributed by atoms with Crippen molar-refractivity contribution >= 4 is 25.7 Å². The summed E-state index contributed by atoms with van der Waals surface area (Å²) in [4.78, 5) is -1.22. The lowest BCUT2D eigenvalue weighted by molar-refractivity contribution is 0.555. The second-order valence-electron chi connectivity index (χ2n) is 4.25. The number of primary sulfonamides is 1. The van der Waals surface area contributed by atoms with Gasteiger partial charge in [0.25, 0.3) is 10.0 Å². The molecule has 3 N–H and O–H groups in total. The van der Waals surface area contributed by atoms with Crippen LogP contribution in [0.2, 0.25) is 0 Å². The highest BCUT2D eigenvalue weighted by molar-refractivity contribution is 7.92. The average Bonchev–Trinajstić information content (AvgIpc) is 2.40. The molecule has 0 saturated carbocycles. The Morgan fingerprint density at radius 3 is 2.27 bits per heavy atom. The normalized spacial score (nSPS) is 12.1. The minimum atomic E-state index is -4.43. The van der Waals surface area contributed by atoms with Crippen LogP contribution in [0.4, 0.5) is 14.5 Å². The molecular weight excluding hydrogens is 338 g/mol. The molecule has 0 unspecified atom stereocenters. The molecule has 0 radical (unpaired) electrons. The molecule has 0 spiro atoms. The van der Waals surface area contributed by atoms with Crippen molar-refractivity contribution in [1.29, 1.82) is 0 Å². The van der Waals surface area contributed by atoms with E-state index >= 15 is 0 Å². The molecule has 0 aliphatic carbocycles. The third-order valence-corrected chi connectivity index (χ3v) is 4.90. The number of halogens is 2. The maximum Gasteiger partial charge on any atom is 0.264 e. The predicted octanol–water partition coefficient (Wildman–Crippen LogP) is 1.41. The summed E-state index contributed by atoms with van der Waals surface area (Å²) in [5.74, 6) is -2.07. The van der Waals surface area contributed by atoms with Crippen LogP contribution in [-0.2, 0) is 20.0 Å². The molecule has 0 aliphatic rings. The molecule has 0 atom stereocenters. The van der Waals surface area contributed by atoms with Gasteiger partial charge in [0, 0.05) is 0 Å². The first-order valence-corrected chi connectivity index (χ1v) is 8.73. The van der Waals surface area contributed by atoms with Gasteiger partial charge in [0.05, 0.1) is 10.6 Å². The molecule has 0 saturated heterocycles. The number of hydrogen-bond acceptors (Lipinski definition) is 4. The number of nitrogens with two attached hydrogens (primary N) is 1. The number of anilines is 1. The van der Waals surface area contributed by atoms with Crippen LogP contribution in [0, 0.1) is 11.6 Å². The van der Waals surface area contributed by atoms with Crippen molar-refractivity contribution in [2.45, 2.75) is 9.79 Å². The topological polar surface area (TPSA) is 106 Å². The monoisotopic (exact) mass is 348 g/mol. The molecule has 22 heavy (non-hydrogen) atoms. The predicted molar refractivity (Wildman–Crippen MR) is 75.0 cm³/mol. The molecule has 2 rings (SSSR count). The summed E-state index contributed by atoms with van der Waals surface area (Å²) in [6.07, 6.45) is 0. The largest absolute Gasteiger partial charge is 0.279 e. The van der Waals surface area contributed by atoms with Crippen LogP contribution in [0.15, 0.2) is 52.3 Å². The molecular formula is C12H10F2N2O4S2. The lowest BCUT2D eigenvalue weighted by Gasteiger charge is -2.10. The zero-order valence-corrected chi connectivity index (χ0v) is 12.5. The molecule has 0 bridgehead atoms. The van der Waals surface area contributed by atoms with Crippen LogP contribution in [-0.4, -0.2) is 16.8 Å². The van der Waals surface area contributed by atoms with Gasteiger partial charge in [-0.2, -0.15) is 0 Å². The fourth-order valence-electron chi connectivity index (χ4n) is 1.63. The van der Waals surface area contributed by atoms with E-state index in [4.69, 9.17) is 5.14 Å². The minimum absolute atomic E-state index is 0.157. The highest BCUT2D eigenvalue weighted by Crippen LogP contribution is 2.21. The summed E-state index contributed by atoms with van der Waals surface area (Å²) in [6.45, 7) is 0. The number of hydrogen-bond donors (Lipinski definition) is 2. The molecule has 0 amide bonds. The Morgan fingerprint density at radius 2 is 1.64 bits per heavy atom. The van der Waals surface area contributed by atoms with Crippen molar-refractivity contribution in [3.8, 4) is 0 Å². The fraction of sp³-hybridized carbons (Fsp3) is 0. The molecule has 2 aromatic rings. The van der Waals surface area contributed by atoms with E-state index in [0.29, 0.717) is 12.1 Å². The molecule has 10 heteroatoms. The van der Waals surface area contributed by atoms with Crippen LogP contribution >= 0.6 is 0 Å². The van der Waals surface area contributed by atoms with Crippen LogP contribution in [0.25, 0.3) is 0 Å². The second-order valence-corrected chi connectivity index (χ2v) is 7.47. The summed E-state index contributed by atoms with van der Waals surface area (Å²) < 4.78 is 75.1. The van der Waals surface area contributed by atoms with Crippen molar-refractivity contribution < 1.29 is 25.6 Å². The van der Waals surface area contributed by atoms with E-state index in [1.807, 2.05) is 4.72 Å². The van der Waals surface area contributed by atoms with Crippen molar-refractivity contribution in [2.75, 3.05) is 4.72 Å². The van der Waals surface area contributed by atoms with Crippen LogP contribution < -0.4 is 9.86 Å². The minimum Gasteiger partial charge on any atom is -0.279 e. The number of sulfonamides is 2. The molecule has 2 aromatic carbocycles. The highest BCUT2D eigenvalue weighted by atomic mass is 32.2. The fourth-order valence-corrected chi connectivity index (χ4v) is 3.33. The summed E-state index contributed by atoms with van der Waals surface area (Å²) in [7, 11) is -8.46. The van der Waals surface area contributed by atoms with Gasteiger partial charge in [-0.05, 0) is 36.4 Å². The first kappa shape index (κ1) is 16.3. The molecule has 0 fully saturated rings. The lowest BCUT2D eigenvalue weighted by atomic mass is 10.3. The van der Waals surface area contributed by atoms with E-state index in [0.717, 1.165) is 18.2 Å². The van der Waals surface area contributed by atoms with E-state index in [9.17, 15) is 25.6 Å². The van der Waals surface area contributed by atoms with Crippen molar-refractivity contribution in [1.82, 2.24) is 0 Å². The van der Waals surface area contributed by atoms with Gasteiger partial charge in [-0.25, -0.2) is 30.8 Å². The Balaban J connectivity index is 2.44. The van der Waals surface area contributed by atoms with E-state index < -0.39 is 36.6 Å². The van der Waals surface area contributed by atoms with E-state index in [1.54, 1.807) is 0 Å². The molecule has 0 aliphatic heterocycles. The Hall–Kier alpha value is -2.04.